The van der Waals surface area contributed by atoms with Gasteiger partial charge in [0.1, 0.15) is 11.5 Å². The second-order valence-electron chi connectivity index (χ2n) is 7.39. The summed E-state index contributed by atoms with van der Waals surface area (Å²) < 4.78 is 11.1. The minimum atomic E-state index is -0.188. The summed E-state index contributed by atoms with van der Waals surface area (Å²) in [5.74, 6) is 2.04. The number of ether oxygens (including phenoxy) is 2. The maximum atomic E-state index is 13.2. The van der Waals surface area contributed by atoms with E-state index < -0.39 is 0 Å². The second-order valence-corrected chi connectivity index (χ2v) is 8.73. The topological polar surface area (TPSA) is 48.4 Å². The number of hydrogen-bond acceptors (Lipinski definition) is 5. The molecule has 1 aromatic heterocycles. The number of nitrogens with zero attached hydrogens (tertiary/aromatic N) is 1. The van der Waals surface area contributed by atoms with Gasteiger partial charge in [-0.15, -0.1) is 0 Å². The molecule has 3 aromatic rings. The van der Waals surface area contributed by atoms with Gasteiger partial charge in [0.25, 0.3) is 0 Å². The summed E-state index contributed by atoms with van der Waals surface area (Å²) in [7, 11) is 1.64. The van der Waals surface area contributed by atoms with Gasteiger partial charge < -0.3 is 9.47 Å². The Bertz CT molecular complexity index is 958. The number of carbonyl (C=O) groups is 1. The third kappa shape index (κ3) is 5.63. The molecule has 0 saturated carbocycles. The Balaban J connectivity index is 1.72. The lowest BCUT2D eigenvalue weighted by molar-refractivity contribution is -0.113. The molecule has 0 aliphatic rings. The fourth-order valence-electron chi connectivity index (χ4n) is 3.24. The van der Waals surface area contributed by atoms with Crippen LogP contribution in [0.15, 0.2) is 72.8 Å². The minimum absolute atomic E-state index is 0.0867. The second kappa shape index (κ2) is 10.3. The maximum absolute atomic E-state index is 13.2. The van der Waals surface area contributed by atoms with Gasteiger partial charge in [0.05, 0.1) is 24.0 Å². The van der Waals surface area contributed by atoms with Gasteiger partial charge in [-0.05, 0) is 48.7 Å². The summed E-state index contributed by atoms with van der Waals surface area (Å²) in [5.41, 5.74) is 1.82. The van der Waals surface area contributed by atoms with Crippen LogP contribution in [0, 0.1) is 5.92 Å². The summed E-state index contributed by atoms with van der Waals surface area (Å²) in [6.45, 7) is 6.15. The van der Waals surface area contributed by atoms with Gasteiger partial charge in [0.15, 0.2) is 5.12 Å². The number of thioether (sulfide) groups is 1. The number of methoxy groups -OCH3 is 1. The standard InChI is InChI=1S/C25H27NO3S/c1-17(2)24(19-13-15-20(28-4)16-14-19)25(27)30-18(3)22-11-8-12-23(26-22)29-21-9-6-5-7-10-21/h5-18,24H,1-4H3/t18-,24?/m0/s1. The number of carbonyl (C=O) groups excluding carboxylic acids is 1. The van der Waals surface area contributed by atoms with E-state index in [0.717, 1.165) is 22.8 Å². The van der Waals surface area contributed by atoms with Crippen LogP contribution in [-0.4, -0.2) is 17.2 Å². The number of pyridine rings is 1. The van der Waals surface area contributed by atoms with E-state index in [-0.39, 0.29) is 22.2 Å². The van der Waals surface area contributed by atoms with E-state index in [1.165, 1.54) is 11.8 Å². The normalized spacial score (nSPS) is 13.0. The molecule has 1 unspecified atom stereocenters. The lowest BCUT2D eigenvalue weighted by atomic mass is 9.89. The number of benzene rings is 2. The maximum Gasteiger partial charge on any atom is 0.219 e. The van der Waals surface area contributed by atoms with Crippen molar-refractivity contribution in [3.8, 4) is 17.4 Å². The van der Waals surface area contributed by atoms with Crippen LogP contribution in [0.1, 0.15) is 43.2 Å². The van der Waals surface area contributed by atoms with Crippen molar-refractivity contribution in [3.63, 3.8) is 0 Å². The van der Waals surface area contributed by atoms with Crippen LogP contribution in [0.25, 0.3) is 0 Å². The zero-order valence-corrected chi connectivity index (χ0v) is 18.6. The highest BCUT2D eigenvalue weighted by Crippen LogP contribution is 2.37. The molecule has 3 rings (SSSR count). The molecule has 0 spiro atoms. The molecular weight excluding hydrogens is 394 g/mol. The van der Waals surface area contributed by atoms with E-state index in [0.29, 0.717) is 5.88 Å². The van der Waals surface area contributed by atoms with Crippen molar-refractivity contribution >= 4 is 16.9 Å². The molecular formula is C25H27NO3S. The fraction of sp³-hybridized carbons (Fsp3) is 0.280. The lowest BCUT2D eigenvalue weighted by Crippen LogP contribution is -2.16. The Hall–Kier alpha value is -2.79. The average molecular weight is 422 g/mol. The SMILES string of the molecule is COc1ccc(C(C(=O)S[C@@H](C)c2cccc(Oc3ccccc3)n2)C(C)C)cc1. The highest BCUT2D eigenvalue weighted by Gasteiger charge is 2.27. The zero-order valence-electron chi connectivity index (χ0n) is 17.7. The number of rotatable bonds is 8. The van der Waals surface area contributed by atoms with E-state index in [2.05, 4.69) is 18.8 Å². The number of hydrogen-bond donors (Lipinski definition) is 0. The number of para-hydroxylation sites is 1. The Morgan fingerprint density at radius 3 is 2.20 bits per heavy atom. The van der Waals surface area contributed by atoms with E-state index in [9.17, 15) is 4.79 Å². The van der Waals surface area contributed by atoms with Gasteiger partial charge in [-0.3, -0.25) is 4.79 Å². The molecule has 1 heterocycles. The van der Waals surface area contributed by atoms with Crippen molar-refractivity contribution in [2.45, 2.75) is 31.9 Å². The molecule has 2 aromatic carbocycles. The summed E-state index contributed by atoms with van der Waals surface area (Å²) in [4.78, 5) is 17.8. The summed E-state index contributed by atoms with van der Waals surface area (Å²) in [6, 6.07) is 23.0. The number of aromatic nitrogens is 1. The van der Waals surface area contributed by atoms with Crippen molar-refractivity contribution in [1.29, 1.82) is 0 Å². The van der Waals surface area contributed by atoms with Crippen molar-refractivity contribution < 1.29 is 14.3 Å². The van der Waals surface area contributed by atoms with E-state index >= 15 is 0 Å². The molecule has 5 heteroatoms. The summed E-state index contributed by atoms with van der Waals surface area (Å²) in [6.07, 6.45) is 0. The van der Waals surface area contributed by atoms with Gasteiger partial charge in [0.2, 0.25) is 5.88 Å². The van der Waals surface area contributed by atoms with Crippen molar-refractivity contribution in [1.82, 2.24) is 4.98 Å². The molecule has 0 aliphatic carbocycles. The predicted octanol–water partition coefficient (Wildman–Crippen LogP) is 6.64. The highest BCUT2D eigenvalue weighted by atomic mass is 32.2. The molecule has 0 N–H and O–H groups in total. The van der Waals surface area contributed by atoms with Crippen molar-refractivity contribution in [3.05, 3.63) is 84.1 Å². The summed E-state index contributed by atoms with van der Waals surface area (Å²) >= 11 is 1.32. The van der Waals surface area contributed by atoms with Gasteiger partial charge in [-0.1, -0.05) is 62.0 Å². The molecule has 0 saturated heterocycles. The summed E-state index contributed by atoms with van der Waals surface area (Å²) in [5, 5.41) is 0.0511. The first-order chi connectivity index (χ1) is 14.5. The molecule has 30 heavy (non-hydrogen) atoms. The van der Waals surface area contributed by atoms with E-state index in [4.69, 9.17) is 9.47 Å². The van der Waals surface area contributed by atoms with Crippen LogP contribution in [0.5, 0.6) is 17.4 Å². The van der Waals surface area contributed by atoms with Gasteiger partial charge >= 0.3 is 0 Å². The van der Waals surface area contributed by atoms with Crippen molar-refractivity contribution in [2.24, 2.45) is 5.92 Å². The molecule has 0 radical (unpaired) electrons. The quantitative estimate of drug-likeness (QED) is 0.408. The van der Waals surface area contributed by atoms with Gasteiger partial charge in [-0.25, -0.2) is 4.98 Å². The van der Waals surface area contributed by atoms with Crippen LogP contribution >= 0.6 is 11.8 Å². The van der Waals surface area contributed by atoms with Gasteiger partial charge in [0, 0.05) is 6.07 Å². The largest absolute Gasteiger partial charge is 0.497 e. The molecule has 0 bridgehead atoms. The van der Waals surface area contributed by atoms with Crippen LogP contribution in [0.3, 0.4) is 0 Å². The van der Waals surface area contributed by atoms with E-state index in [1.54, 1.807) is 7.11 Å². The highest BCUT2D eigenvalue weighted by molar-refractivity contribution is 8.13. The molecule has 4 nitrogen and oxygen atoms in total. The first-order valence-electron chi connectivity index (χ1n) is 10.0. The van der Waals surface area contributed by atoms with Crippen LogP contribution in [0.4, 0.5) is 0 Å². The first-order valence-corrected chi connectivity index (χ1v) is 10.9. The lowest BCUT2D eigenvalue weighted by Gasteiger charge is -2.21. The average Bonchev–Trinajstić information content (AvgIpc) is 2.75. The van der Waals surface area contributed by atoms with Gasteiger partial charge in [-0.2, -0.15) is 0 Å². The fourth-order valence-corrected chi connectivity index (χ4v) is 4.39. The monoisotopic (exact) mass is 421 g/mol. The smallest absolute Gasteiger partial charge is 0.219 e. The molecule has 0 amide bonds. The first kappa shape index (κ1) is 21.9. The van der Waals surface area contributed by atoms with Crippen LogP contribution < -0.4 is 9.47 Å². The molecule has 2 atom stereocenters. The zero-order chi connectivity index (χ0) is 21.5. The Kier molecular flexibility index (Phi) is 7.52. The third-order valence-electron chi connectivity index (χ3n) is 4.82. The molecule has 0 aliphatic heterocycles. The minimum Gasteiger partial charge on any atom is -0.497 e. The Morgan fingerprint density at radius 2 is 1.57 bits per heavy atom. The Morgan fingerprint density at radius 1 is 0.867 bits per heavy atom. The van der Waals surface area contributed by atoms with Crippen LogP contribution in [-0.2, 0) is 4.79 Å². The predicted molar refractivity (Wildman–Crippen MR) is 122 cm³/mol. The van der Waals surface area contributed by atoms with Crippen molar-refractivity contribution in [2.75, 3.05) is 7.11 Å². The Labute approximate surface area is 182 Å². The van der Waals surface area contributed by atoms with E-state index in [1.807, 2.05) is 79.7 Å². The van der Waals surface area contributed by atoms with Crippen LogP contribution in [0.2, 0.25) is 0 Å². The third-order valence-corrected chi connectivity index (χ3v) is 5.90. The molecule has 156 valence electrons. The molecule has 0 fully saturated rings.